The van der Waals surface area contributed by atoms with Crippen molar-refractivity contribution >= 4 is 12.0 Å². The fraction of sp³-hybridized carbons (Fsp3) is 0.438. The Labute approximate surface area is 125 Å². The van der Waals surface area contributed by atoms with E-state index < -0.39 is 0 Å². The zero-order valence-corrected chi connectivity index (χ0v) is 12.8. The number of amides is 1. The van der Waals surface area contributed by atoms with Gasteiger partial charge in [-0.3, -0.25) is 4.79 Å². The maximum atomic E-state index is 11.6. The number of ether oxygens (including phenoxy) is 3. The molecule has 1 amide bonds. The molecule has 0 unspecified atom stereocenters. The third-order valence-electron chi connectivity index (χ3n) is 2.60. The van der Waals surface area contributed by atoms with Crippen molar-refractivity contribution in [2.45, 2.75) is 13.8 Å². The van der Waals surface area contributed by atoms with Crippen LogP contribution in [0.5, 0.6) is 11.5 Å². The molecule has 1 aromatic rings. The van der Waals surface area contributed by atoms with Gasteiger partial charge >= 0.3 is 0 Å². The van der Waals surface area contributed by atoms with Crippen molar-refractivity contribution in [3.05, 3.63) is 29.8 Å². The maximum absolute atomic E-state index is 11.6. The fourth-order valence-corrected chi connectivity index (χ4v) is 1.68. The number of nitrogens with one attached hydrogen (secondary N) is 1. The lowest BCUT2D eigenvalue weighted by Gasteiger charge is -2.11. The first-order valence-electron chi connectivity index (χ1n) is 7.05. The molecule has 116 valence electrons. The Morgan fingerprint density at radius 3 is 2.57 bits per heavy atom. The van der Waals surface area contributed by atoms with Crippen LogP contribution in [0.15, 0.2) is 24.3 Å². The Bertz CT molecular complexity index is 471. The third kappa shape index (κ3) is 6.31. The fourth-order valence-electron chi connectivity index (χ4n) is 1.68. The highest BCUT2D eigenvalue weighted by Crippen LogP contribution is 2.28. The van der Waals surface area contributed by atoms with Crippen LogP contribution in [0.2, 0.25) is 0 Å². The third-order valence-corrected chi connectivity index (χ3v) is 2.60. The summed E-state index contributed by atoms with van der Waals surface area (Å²) in [6, 6.07) is 5.58. The number of hydrogen-bond donors (Lipinski definition) is 1. The van der Waals surface area contributed by atoms with Crippen LogP contribution in [0.4, 0.5) is 0 Å². The lowest BCUT2D eigenvalue weighted by Crippen LogP contribution is -2.24. The molecule has 0 aliphatic carbocycles. The molecular weight excluding hydrogens is 270 g/mol. The van der Waals surface area contributed by atoms with E-state index in [4.69, 9.17) is 14.2 Å². The van der Waals surface area contributed by atoms with Crippen molar-refractivity contribution < 1.29 is 19.0 Å². The molecule has 0 saturated carbocycles. The van der Waals surface area contributed by atoms with Crippen LogP contribution in [-0.2, 0) is 9.53 Å². The van der Waals surface area contributed by atoms with Gasteiger partial charge in [-0.2, -0.15) is 0 Å². The second kappa shape index (κ2) is 9.83. The van der Waals surface area contributed by atoms with E-state index >= 15 is 0 Å². The predicted molar refractivity (Wildman–Crippen MR) is 82.7 cm³/mol. The Kier molecular flexibility index (Phi) is 7.97. The largest absolute Gasteiger partial charge is 0.490 e. The van der Waals surface area contributed by atoms with Crippen molar-refractivity contribution in [3.63, 3.8) is 0 Å². The van der Waals surface area contributed by atoms with Gasteiger partial charge in [0.05, 0.1) is 19.8 Å². The van der Waals surface area contributed by atoms with E-state index in [1.54, 1.807) is 13.2 Å². The second-order valence-corrected chi connectivity index (χ2v) is 4.19. The SMILES string of the molecule is CCOc1ccc(/C=C/C(=O)NCCOC)cc1OCC. The van der Waals surface area contributed by atoms with Crippen molar-refractivity contribution in [2.75, 3.05) is 33.5 Å². The molecule has 0 aliphatic rings. The van der Waals surface area contributed by atoms with Gasteiger partial charge in [0.25, 0.3) is 0 Å². The van der Waals surface area contributed by atoms with Crippen LogP contribution in [-0.4, -0.2) is 39.4 Å². The molecule has 0 aromatic heterocycles. The molecule has 5 nitrogen and oxygen atoms in total. The number of rotatable bonds is 9. The number of carbonyl (C=O) groups excluding carboxylic acids is 1. The van der Waals surface area contributed by atoms with Crippen molar-refractivity contribution in [2.24, 2.45) is 0 Å². The Morgan fingerprint density at radius 1 is 1.19 bits per heavy atom. The van der Waals surface area contributed by atoms with Crippen LogP contribution < -0.4 is 14.8 Å². The molecule has 5 heteroatoms. The quantitative estimate of drug-likeness (QED) is 0.560. The minimum Gasteiger partial charge on any atom is -0.490 e. The van der Waals surface area contributed by atoms with Crippen LogP contribution in [0.25, 0.3) is 6.08 Å². The first kappa shape index (κ1) is 17.0. The van der Waals surface area contributed by atoms with E-state index in [2.05, 4.69) is 5.32 Å². The van der Waals surface area contributed by atoms with E-state index in [9.17, 15) is 4.79 Å². The van der Waals surface area contributed by atoms with E-state index in [1.165, 1.54) is 6.08 Å². The maximum Gasteiger partial charge on any atom is 0.244 e. The number of methoxy groups -OCH3 is 1. The van der Waals surface area contributed by atoms with E-state index in [1.807, 2.05) is 32.0 Å². The molecule has 0 radical (unpaired) electrons. The Balaban J connectivity index is 2.70. The topological polar surface area (TPSA) is 56.8 Å². The van der Waals surface area contributed by atoms with Crippen LogP contribution in [0.1, 0.15) is 19.4 Å². The zero-order chi connectivity index (χ0) is 15.5. The molecule has 0 fully saturated rings. The molecular formula is C16H23NO4. The number of carbonyl (C=O) groups is 1. The summed E-state index contributed by atoms with van der Waals surface area (Å²) in [6.07, 6.45) is 3.22. The minimum absolute atomic E-state index is 0.154. The van der Waals surface area contributed by atoms with E-state index in [-0.39, 0.29) is 5.91 Å². The lowest BCUT2D eigenvalue weighted by molar-refractivity contribution is -0.116. The van der Waals surface area contributed by atoms with E-state index in [0.29, 0.717) is 37.9 Å². The Hall–Kier alpha value is -2.01. The molecule has 0 saturated heterocycles. The predicted octanol–water partition coefficient (Wildman–Crippen LogP) is 2.26. The summed E-state index contributed by atoms with van der Waals surface area (Å²) >= 11 is 0. The summed E-state index contributed by atoms with van der Waals surface area (Å²) in [7, 11) is 1.59. The van der Waals surface area contributed by atoms with Crippen molar-refractivity contribution in [1.29, 1.82) is 0 Å². The van der Waals surface area contributed by atoms with Gasteiger partial charge in [0.15, 0.2) is 11.5 Å². The molecule has 21 heavy (non-hydrogen) atoms. The normalized spacial score (nSPS) is 10.6. The summed E-state index contributed by atoms with van der Waals surface area (Å²) in [6.45, 7) is 5.97. The van der Waals surface area contributed by atoms with Gasteiger partial charge in [0.1, 0.15) is 0 Å². The molecule has 0 atom stereocenters. The first-order valence-corrected chi connectivity index (χ1v) is 7.05. The van der Waals surface area contributed by atoms with Gasteiger partial charge in [-0.05, 0) is 37.6 Å². The average Bonchev–Trinajstić information content (AvgIpc) is 2.48. The summed E-state index contributed by atoms with van der Waals surface area (Å²) in [5.41, 5.74) is 0.879. The highest BCUT2D eigenvalue weighted by Gasteiger charge is 2.05. The van der Waals surface area contributed by atoms with Crippen LogP contribution >= 0.6 is 0 Å². The number of benzene rings is 1. The first-order chi connectivity index (χ1) is 10.2. The number of hydrogen-bond acceptors (Lipinski definition) is 4. The molecule has 0 bridgehead atoms. The zero-order valence-electron chi connectivity index (χ0n) is 12.8. The minimum atomic E-state index is -0.154. The van der Waals surface area contributed by atoms with Crippen molar-refractivity contribution in [3.8, 4) is 11.5 Å². The summed E-state index contributed by atoms with van der Waals surface area (Å²) in [5, 5.41) is 2.72. The molecule has 1 N–H and O–H groups in total. The van der Waals surface area contributed by atoms with Gasteiger partial charge in [-0.1, -0.05) is 6.07 Å². The van der Waals surface area contributed by atoms with Gasteiger partial charge in [-0.25, -0.2) is 0 Å². The summed E-state index contributed by atoms with van der Waals surface area (Å²) in [5.74, 6) is 1.24. The second-order valence-electron chi connectivity index (χ2n) is 4.19. The van der Waals surface area contributed by atoms with Crippen molar-refractivity contribution in [1.82, 2.24) is 5.32 Å². The Morgan fingerprint density at radius 2 is 1.90 bits per heavy atom. The molecule has 0 heterocycles. The van der Waals surface area contributed by atoms with Gasteiger partial charge < -0.3 is 19.5 Å². The molecule has 1 rings (SSSR count). The monoisotopic (exact) mass is 293 g/mol. The molecule has 1 aromatic carbocycles. The van der Waals surface area contributed by atoms with Gasteiger partial charge in [0, 0.05) is 19.7 Å². The van der Waals surface area contributed by atoms with Crippen LogP contribution in [0, 0.1) is 0 Å². The van der Waals surface area contributed by atoms with Gasteiger partial charge in [0.2, 0.25) is 5.91 Å². The standard InChI is InChI=1S/C16H23NO4/c1-4-20-14-8-6-13(12-15(14)21-5-2)7-9-16(18)17-10-11-19-3/h6-9,12H,4-5,10-11H2,1-3H3,(H,17,18)/b9-7+. The molecule has 0 spiro atoms. The van der Waals surface area contributed by atoms with E-state index in [0.717, 1.165) is 5.56 Å². The smallest absolute Gasteiger partial charge is 0.244 e. The highest BCUT2D eigenvalue weighted by atomic mass is 16.5. The van der Waals surface area contributed by atoms with Crippen LogP contribution in [0.3, 0.4) is 0 Å². The highest BCUT2D eigenvalue weighted by molar-refractivity contribution is 5.91. The lowest BCUT2D eigenvalue weighted by atomic mass is 10.2. The van der Waals surface area contributed by atoms with Gasteiger partial charge in [-0.15, -0.1) is 0 Å². The summed E-state index contributed by atoms with van der Waals surface area (Å²) < 4.78 is 15.9. The molecule has 0 aliphatic heterocycles. The summed E-state index contributed by atoms with van der Waals surface area (Å²) in [4.78, 5) is 11.6. The average molecular weight is 293 g/mol.